The molecular formula is C12H18ClN3O. The van der Waals surface area contributed by atoms with Crippen LogP contribution in [0.5, 0.6) is 0 Å². The Labute approximate surface area is 107 Å². The summed E-state index contributed by atoms with van der Waals surface area (Å²) < 4.78 is 0. The molecule has 0 radical (unpaired) electrons. The lowest BCUT2D eigenvalue weighted by Gasteiger charge is -2.12. The average Bonchev–Trinajstić information content (AvgIpc) is 2.30. The first-order valence-electron chi connectivity index (χ1n) is 5.68. The van der Waals surface area contributed by atoms with E-state index in [-0.39, 0.29) is 11.8 Å². The van der Waals surface area contributed by atoms with Gasteiger partial charge in [0.2, 0.25) is 5.91 Å². The molecule has 0 fully saturated rings. The van der Waals surface area contributed by atoms with Crippen LogP contribution < -0.4 is 10.6 Å². The highest BCUT2D eigenvalue weighted by Gasteiger charge is 2.12. The van der Waals surface area contributed by atoms with E-state index < -0.39 is 0 Å². The molecule has 1 unspecified atom stereocenters. The molecule has 2 N–H and O–H groups in total. The summed E-state index contributed by atoms with van der Waals surface area (Å²) in [6.45, 7) is 7.28. The van der Waals surface area contributed by atoms with Crippen molar-refractivity contribution in [3.8, 4) is 0 Å². The van der Waals surface area contributed by atoms with Crippen molar-refractivity contribution in [3.05, 3.63) is 23.0 Å². The maximum atomic E-state index is 11.8. The Morgan fingerprint density at radius 3 is 2.88 bits per heavy atom. The Morgan fingerprint density at radius 2 is 2.29 bits per heavy atom. The minimum atomic E-state index is -0.0778. The fourth-order valence-corrected chi connectivity index (χ4v) is 1.45. The molecule has 1 atom stereocenters. The summed E-state index contributed by atoms with van der Waals surface area (Å²) in [6, 6.07) is 1.81. The summed E-state index contributed by atoms with van der Waals surface area (Å²) in [5, 5.41) is 6.42. The molecule has 94 valence electrons. The van der Waals surface area contributed by atoms with Crippen LogP contribution in [-0.4, -0.2) is 24.0 Å². The SMILES string of the molecule is CCNCC(C)C(=O)Nc1cnc(Cl)c(C)c1. The smallest absolute Gasteiger partial charge is 0.228 e. The number of pyridine rings is 1. The fourth-order valence-electron chi connectivity index (χ4n) is 1.35. The molecule has 1 aromatic rings. The van der Waals surface area contributed by atoms with Gasteiger partial charge in [0.1, 0.15) is 5.15 Å². The maximum Gasteiger partial charge on any atom is 0.228 e. The normalized spacial score (nSPS) is 12.2. The lowest BCUT2D eigenvalue weighted by Crippen LogP contribution is -2.30. The van der Waals surface area contributed by atoms with Crippen molar-refractivity contribution in [1.82, 2.24) is 10.3 Å². The Morgan fingerprint density at radius 1 is 1.59 bits per heavy atom. The van der Waals surface area contributed by atoms with Crippen molar-refractivity contribution in [2.75, 3.05) is 18.4 Å². The zero-order chi connectivity index (χ0) is 12.8. The van der Waals surface area contributed by atoms with Gasteiger partial charge in [0.05, 0.1) is 11.9 Å². The predicted molar refractivity (Wildman–Crippen MR) is 70.3 cm³/mol. The second-order valence-corrected chi connectivity index (χ2v) is 4.39. The summed E-state index contributed by atoms with van der Waals surface area (Å²) >= 11 is 5.81. The highest BCUT2D eigenvalue weighted by atomic mass is 35.5. The third-order valence-corrected chi connectivity index (χ3v) is 2.83. The Bertz CT molecular complexity index is 395. The molecule has 0 aromatic carbocycles. The third kappa shape index (κ3) is 4.32. The number of anilines is 1. The number of rotatable bonds is 5. The van der Waals surface area contributed by atoms with Crippen LogP contribution in [0.2, 0.25) is 5.15 Å². The zero-order valence-electron chi connectivity index (χ0n) is 10.4. The quantitative estimate of drug-likeness (QED) is 0.794. The largest absolute Gasteiger partial charge is 0.324 e. The first-order chi connectivity index (χ1) is 8.04. The van der Waals surface area contributed by atoms with Crippen LogP contribution in [0.4, 0.5) is 5.69 Å². The van der Waals surface area contributed by atoms with Crippen molar-refractivity contribution in [2.45, 2.75) is 20.8 Å². The van der Waals surface area contributed by atoms with Crippen LogP contribution in [0.3, 0.4) is 0 Å². The molecule has 0 spiro atoms. The molecule has 0 saturated carbocycles. The number of amides is 1. The zero-order valence-corrected chi connectivity index (χ0v) is 11.1. The molecule has 0 aliphatic carbocycles. The lowest BCUT2D eigenvalue weighted by atomic mass is 10.1. The molecule has 5 heteroatoms. The average molecular weight is 256 g/mol. The second kappa shape index (κ2) is 6.57. The molecule has 1 aromatic heterocycles. The van der Waals surface area contributed by atoms with E-state index in [1.807, 2.05) is 26.8 Å². The molecular weight excluding hydrogens is 238 g/mol. The fraction of sp³-hybridized carbons (Fsp3) is 0.500. The maximum absolute atomic E-state index is 11.8. The molecule has 1 heterocycles. The molecule has 1 rings (SSSR count). The van der Waals surface area contributed by atoms with E-state index in [0.29, 0.717) is 17.4 Å². The molecule has 0 saturated heterocycles. The summed E-state index contributed by atoms with van der Waals surface area (Å²) in [6.07, 6.45) is 1.56. The minimum Gasteiger partial charge on any atom is -0.324 e. The first-order valence-corrected chi connectivity index (χ1v) is 6.06. The van der Waals surface area contributed by atoms with Gasteiger partial charge in [-0.25, -0.2) is 4.98 Å². The van der Waals surface area contributed by atoms with Gasteiger partial charge in [-0.15, -0.1) is 0 Å². The number of hydrogen-bond acceptors (Lipinski definition) is 3. The number of hydrogen-bond donors (Lipinski definition) is 2. The number of carbonyl (C=O) groups is 1. The second-order valence-electron chi connectivity index (χ2n) is 4.03. The van der Waals surface area contributed by atoms with Crippen molar-refractivity contribution in [1.29, 1.82) is 0 Å². The highest BCUT2D eigenvalue weighted by molar-refractivity contribution is 6.30. The Balaban J connectivity index is 2.58. The van der Waals surface area contributed by atoms with Crippen LogP contribution in [0.15, 0.2) is 12.3 Å². The molecule has 17 heavy (non-hydrogen) atoms. The number of carbonyl (C=O) groups excluding carboxylic acids is 1. The lowest BCUT2D eigenvalue weighted by molar-refractivity contribution is -0.119. The van der Waals surface area contributed by atoms with Gasteiger partial charge in [-0.05, 0) is 25.1 Å². The minimum absolute atomic E-state index is 0.0190. The number of nitrogens with one attached hydrogen (secondary N) is 2. The van der Waals surface area contributed by atoms with E-state index in [2.05, 4.69) is 15.6 Å². The van der Waals surface area contributed by atoms with Gasteiger partial charge in [-0.3, -0.25) is 4.79 Å². The van der Waals surface area contributed by atoms with E-state index in [1.54, 1.807) is 6.20 Å². The first kappa shape index (κ1) is 13.9. The van der Waals surface area contributed by atoms with Crippen molar-refractivity contribution in [3.63, 3.8) is 0 Å². The van der Waals surface area contributed by atoms with Crippen molar-refractivity contribution in [2.24, 2.45) is 5.92 Å². The van der Waals surface area contributed by atoms with Gasteiger partial charge < -0.3 is 10.6 Å². The summed E-state index contributed by atoms with van der Waals surface area (Å²) in [7, 11) is 0. The number of halogens is 1. The van der Waals surface area contributed by atoms with E-state index in [0.717, 1.165) is 12.1 Å². The number of aromatic nitrogens is 1. The Hall–Kier alpha value is -1.13. The number of aryl methyl sites for hydroxylation is 1. The topological polar surface area (TPSA) is 54.0 Å². The molecule has 4 nitrogen and oxygen atoms in total. The number of nitrogens with zero attached hydrogens (tertiary/aromatic N) is 1. The Kier molecular flexibility index (Phi) is 5.38. The van der Waals surface area contributed by atoms with E-state index in [1.165, 1.54) is 0 Å². The molecule has 0 bridgehead atoms. The summed E-state index contributed by atoms with van der Waals surface area (Å²) in [5.74, 6) is -0.0968. The van der Waals surface area contributed by atoms with Crippen molar-refractivity contribution < 1.29 is 4.79 Å². The summed E-state index contributed by atoms with van der Waals surface area (Å²) in [5.41, 5.74) is 1.53. The molecule has 0 aliphatic rings. The van der Waals surface area contributed by atoms with Gasteiger partial charge in [0, 0.05) is 12.5 Å². The third-order valence-electron chi connectivity index (χ3n) is 2.43. The van der Waals surface area contributed by atoms with E-state index >= 15 is 0 Å². The van der Waals surface area contributed by atoms with E-state index in [9.17, 15) is 4.79 Å². The van der Waals surface area contributed by atoms with Gasteiger partial charge in [0.15, 0.2) is 0 Å². The van der Waals surface area contributed by atoms with Crippen LogP contribution in [0.1, 0.15) is 19.4 Å². The van der Waals surface area contributed by atoms with Gasteiger partial charge in [-0.1, -0.05) is 25.4 Å². The van der Waals surface area contributed by atoms with Crippen molar-refractivity contribution >= 4 is 23.2 Å². The monoisotopic (exact) mass is 255 g/mol. The van der Waals surface area contributed by atoms with Crippen LogP contribution >= 0.6 is 11.6 Å². The van der Waals surface area contributed by atoms with Crippen LogP contribution in [0, 0.1) is 12.8 Å². The highest BCUT2D eigenvalue weighted by Crippen LogP contribution is 2.16. The van der Waals surface area contributed by atoms with Gasteiger partial charge in [0.25, 0.3) is 0 Å². The van der Waals surface area contributed by atoms with Crippen LogP contribution in [-0.2, 0) is 4.79 Å². The standard InChI is InChI=1S/C12H18ClN3O/c1-4-14-6-9(3)12(17)16-10-5-8(2)11(13)15-7-10/h5,7,9,14H,4,6H2,1-3H3,(H,16,17). The molecule has 1 amide bonds. The van der Waals surface area contributed by atoms with E-state index in [4.69, 9.17) is 11.6 Å². The molecule has 0 aliphatic heterocycles. The van der Waals surface area contributed by atoms with Gasteiger partial charge in [-0.2, -0.15) is 0 Å². The van der Waals surface area contributed by atoms with Gasteiger partial charge >= 0.3 is 0 Å². The summed E-state index contributed by atoms with van der Waals surface area (Å²) in [4.78, 5) is 15.8. The predicted octanol–water partition coefficient (Wildman–Crippen LogP) is 2.23. The van der Waals surface area contributed by atoms with Crippen LogP contribution in [0.25, 0.3) is 0 Å².